The van der Waals surface area contributed by atoms with Gasteiger partial charge in [-0.3, -0.25) is 20.2 Å². The van der Waals surface area contributed by atoms with E-state index in [1.807, 2.05) is 0 Å². The number of hydrogen-bond donors (Lipinski definition) is 0. The topological polar surface area (TPSA) is 112 Å². The summed E-state index contributed by atoms with van der Waals surface area (Å²) in [7, 11) is 0. The van der Waals surface area contributed by atoms with Crippen molar-refractivity contribution in [1.29, 1.82) is 0 Å². The highest BCUT2D eigenvalue weighted by Gasteiger charge is 2.14. The number of non-ortho nitro benzene ring substituents is 2. The quantitative estimate of drug-likeness (QED) is 0.538. The third-order valence-electron chi connectivity index (χ3n) is 2.89. The molecule has 1 heterocycles. The zero-order chi connectivity index (χ0) is 15.0. The fourth-order valence-electron chi connectivity index (χ4n) is 1.91. The molecule has 0 amide bonds. The van der Waals surface area contributed by atoms with Gasteiger partial charge in [-0.15, -0.1) is 0 Å². The Labute approximate surface area is 116 Å². The first-order valence-corrected chi connectivity index (χ1v) is 5.84. The molecule has 0 aliphatic heterocycles. The standard InChI is InChI=1S/C13H7N3O5/c17-15(18)9-3-1-2-8(6-9)13-14-11-7-10(16(19)20)4-5-12(11)21-13/h1-7H. The molecule has 0 atom stereocenters. The van der Waals surface area contributed by atoms with E-state index in [2.05, 4.69) is 4.98 Å². The van der Waals surface area contributed by atoms with Crippen molar-refractivity contribution in [3.63, 3.8) is 0 Å². The molecule has 0 spiro atoms. The molecule has 0 aliphatic carbocycles. The molecule has 0 fully saturated rings. The van der Waals surface area contributed by atoms with Gasteiger partial charge >= 0.3 is 0 Å². The van der Waals surface area contributed by atoms with Crippen LogP contribution in [0.1, 0.15) is 0 Å². The van der Waals surface area contributed by atoms with Gasteiger partial charge in [-0.2, -0.15) is 0 Å². The zero-order valence-corrected chi connectivity index (χ0v) is 10.4. The Morgan fingerprint density at radius 3 is 2.38 bits per heavy atom. The number of fused-ring (bicyclic) bond motifs is 1. The Balaban J connectivity index is 2.10. The number of aromatic nitrogens is 1. The third-order valence-corrected chi connectivity index (χ3v) is 2.89. The summed E-state index contributed by atoms with van der Waals surface area (Å²) < 4.78 is 5.47. The second-order valence-corrected chi connectivity index (χ2v) is 4.24. The third kappa shape index (κ3) is 2.29. The zero-order valence-electron chi connectivity index (χ0n) is 10.4. The van der Waals surface area contributed by atoms with Crippen molar-refractivity contribution in [1.82, 2.24) is 4.98 Å². The van der Waals surface area contributed by atoms with Crippen LogP contribution in [0, 0.1) is 20.2 Å². The molecule has 1 aromatic heterocycles. The molecule has 8 heteroatoms. The molecule has 0 saturated carbocycles. The van der Waals surface area contributed by atoms with E-state index in [0.717, 1.165) is 0 Å². The second kappa shape index (κ2) is 4.67. The minimum atomic E-state index is -0.527. The van der Waals surface area contributed by atoms with Crippen molar-refractivity contribution in [3.05, 3.63) is 62.7 Å². The van der Waals surface area contributed by atoms with E-state index < -0.39 is 9.85 Å². The highest BCUT2D eigenvalue weighted by Crippen LogP contribution is 2.28. The maximum absolute atomic E-state index is 10.8. The molecule has 8 nitrogen and oxygen atoms in total. The molecule has 0 N–H and O–H groups in total. The molecule has 0 aliphatic rings. The summed E-state index contributed by atoms with van der Waals surface area (Å²) in [5, 5.41) is 21.5. The first-order chi connectivity index (χ1) is 10.0. The molecule has 2 aromatic carbocycles. The summed E-state index contributed by atoms with van der Waals surface area (Å²) in [6, 6.07) is 9.87. The van der Waals surface area contributed by atoms with E-state index in [-0.39, 0.29) is 17.3 Å². The maximum atomic E-state index is 10.8. The van der Waals surface area contributed by atoms with Gasteiger partial charge in [0.15, 0.2) is 5.58 Å². The van der Waals surface area contributed by atoms with Crippen LogP contribution in [0.25, 0.3) is 22.6 Å². The lowest BCUT2D eigenvalue weighted by atomic mass is 10.2. The van der Waals surface area contributed by atoms with E-state index >= 15 is 0 Å². The van der Waals surface area contributed by atoms with Crippen LogP contribution in [0.3, 0.4) is 0 Å². The van der Waals surface area contributed by atoms with Crippen molar-refractivity contribution >= 4 is 22.5 Å². The first-order valence-electron chi connectivity index (χ1n) is 5.84. The predicted molar refractivity (Wildman–Crippen MR) is 72.8 cm³/mol. The van der Waals surface area contributed by atoms with Crippen molar-refractivity contribution in [2.75, 3.05) is 0 Å². The Bertz CT molecular complexity index is 871. The Morgan fingerprint density at radius 1 is 0.952 bits per heavy atom. The molecule has 3 rings (SSSR count). The average Bonchev–Trinajstić information content (AvgIpc) is 2.90. The van der Waals surface area contributed by atoms with Gasteiger partial charge in [0.05, 0.1) is 9.85 Å². The number of nitro groups is 2. The van der Waals surface area contributed by atoms with E-state index in [9.17, 15) is 20.2 Å². The number of oxazole rings is 1. The van der Waals surface area contributed by atoms with Crippen molar-refractivity contribution in [3.8, 4) is 11.5 Å². The van der Waals surface area contributed by atoms with Crippen LogP contribution in [0.5, 0.6) is 0 Å². The lowest BCUT2D eigenvalue weighted by Crippen LogP contribution is -1.88. The van der Waals surface area contributed by atoms with Crippen LogP contribution < -0.4 is 0 Å². The molecular formula is C13H7N3O5. The normalized spacial score (nSPS) is 10.7. The summed E-state index contributed by atoms with van der Waals surface area (Å²) in [5.41, 5.74) is 0.956. The van der Waals surface area contributed by atoms with Crippen LogP contribution in [0.4, 0.5) is 11.4 Å². The number of nitrogens with zero attached hydrogens (tertiary/aromatic N) is 3. The number of rotatable bonds is 3. The average molecular weight is 285 g/mol. The van der Waals surface area contributed by atoms with Crippen molar-refractivity contribution < 1.29 is 14.3 Å². The van der Waals surface area contributed by atoms with Gasteiger partial charge in [0, 0.05) is 29.8 Å². The lowest BCUT2D eigenvalue weighted by molar-refractivity contribution is -0.385. The molecule has 0 saturated heterocycles. The lowest BCUT2D eigenvalue weighted by Gasteiger charge is -1.94. The molecule has 0 unspecified atom stereocenters. The van der Waals surface area contributed by atoms with Gasteiger partial charge in [-0.05, 0) is 12.1 Å². The van der Waals surface area contributed by atoms with Gasteiger partial charge in [0.25, 0.3) is 11.4 Å². The molecular weight excluding hydrogens is 278 g/mol. The summed E-state index contributed by atoms with van der Waals surface area (Å²) >= 11 is 0. The second-order valence-electron chi connectivity index (χ2n) is 4.24. The minimum Gasteiger partial charge on any atom is -0.436 e. The van der Waals surface area contributed by atoms with Crippen molar-refractivity contribution in [2.24, 2.45) is 0 Å². The molecule has 104 valence electrons. The van der Waals surface area contributed by atoms with Crippen LogP contribution in [-0.2, 0) is 0 Å². The summed E-state index contributed by atoms with van der Waals surface area (Å²) in [4.78, 5) is 24.6. The fourth-order valence-corrected chi connectivity index (χ4v) is 1.91. The number of nitro benzene ring substituents is 2. The van der Waals surface area contributed by atoms with Crippen molar-refractivity contribution in [2.45, 2.75) is 0 Å². The van der Waals surface area contributed by atoms with Gasteiger partial charge in [-0.1, -0.05) is 6.07 Å². The summed E-state index contributed by atoms with van der Waals surface area (Å²) in [5.74, 6) is 0.175. The Morgan fingerprint density at radius 2 is 1.67 bits per heavy atom. The van der Waals surface area contributed by atoms with Gasteiger partial charge < -0.3 is 4.42 Å². The van der Waals surface area contributed by atoms with Crippen LogP contribution in [-0.4, -0.2) is 14.8 Å². The Hall–Kier alpha value is -3.29. The largest absolute Gasteiger partial charge is 0.436 e. The van der Waals surface area contributed by atoms with Crippen LogP contribution in [0.15, 0.2) is 46.9 Å². The molecule has 3 aromatic rings. The smallest absolute Gasteiger partial charge is 0.271 e. The van der Waals surface area contributed by atoms with E-state index in [1.54, 1.807) is 6.07 Å². The van der Waals surface area contributed by atoms with Crippen LogP contribution >= 0.6 is 0 Å². The highest BCUT2D eigenvalue weighted by molar-refractivity contribution is 5.78. The summed E-state index contributed by atoms with van der Waals surface area (Å²) in [6.45, 7) is 0. The van der Waals surface area contributed by atoms with Crippen LogP contribution in [0.2, 0.25) is 0 Å². The number of benzene rings is 2. The highest BCUT2D eigenvalue weighted by atomic mass is 16.6. The monoisotopic (exact) mass is 285 g/mol. The van der Waals surface area contributed by atoms with Gasteiger partial charge in [-0.25, -0.2) is 4.98 Å². The Kier molecular flexibility index (Phi) is 2.83. The summed E-state index contributed by atoms with van der Waals surface area (Å²) in [6.07, 6.45) is 0. The molecule has 0 bridgehead atoms. The van der Waals surface area contributed by atoms with Gasteiger partial charge in [0.2, 0.25) is 5.89 Å². The number of hydrogen-bond acceptors (Lipinski definition) is 6. The predicted octanol–water partition coefficient (Wildman–Crippen LogP) is 3.31. The minimum absolute atomic E-state index is 0.0827. The van der Waals surface area contributed by atoms with E-state index in [1.165, 1.54) is 36.4 Å². The maximum Gasteiger partial charge on any atom is 0.271 e. The van der Waals surface area contributed by atoms with E-state index in [0.29, 0.717) is 16.7 Å². The fraction of sp³-hybridized carbons (Fsp3) is 0. The van der Waals surface area contributed by atoms with Gasteiger partial charge in [0.1, 0.15) is 5.52 Å². The van der Waals surface area contributed by atoms with E-state index in [4.69, 9.17) is 4.42 Å². The molecule has 0 radical (unpaired) electrons. The molecule has 21 heavy (non-hydrogen) atoms. The first kappa shape index (κ1) is 12.7. The SMILES string of the molecule is O=[N+]([O-])c1cccc(-c2nc3cc([N+](=O)[O-])ccc3o2)c1.